The van der Waals surface area contributed by atoms with E-state index in [1.807, 2.05) is 13.8 Å². The number of esters is 2. The molecule has 0 aromatic heterocycles. The van der Waals surface area contributed by atoms with Crippen LogP contribution >= 0.6 is 0 Å². The minimum atomic E-state index is -0.705. The maximum atomic E-state index is 12.0. The Labute approximate surface area is 128 Å². The molecule has 1 atom stereocenters. The number of ether oxygens (including phenoxy) is 2. The third-order valence-electron chi connectivity index (χ3n) is 3.06. The molecule has 0 saturated heterocycles. The van der Waals surface area contributed by atoms with Gasteiger partial charge in [0.25, 0.3) is 0 Å². The van der Waals surface area contributed by atoms with Crippen LogP contribution in [0.5, 0.6) is 0 Å². The molecule has 0 aliphatic rings. The van der Waals surface area contributed by atoms with Crippen molar-refractivity contribution in [1.29, 1.82) is 0 Å². The van der Waals surface area contributed by atoms with E-state index >= 15 is 0 Å². The van der Waals surface area contributed by atoms with E-state index in [0.717, 1.165) is 0 Å². The number of hydrogen-bond donors (Lipinski definition) is 2. The highest BCUT2D eigenvalue weighted by molar-refractivity contribution is 6.00. The Kier molecular flexibility index (Phi) is 6.06. The molecule has 0 spiro atoms. The smallest absolute Gasteiger partial charge is 0.337 e. The predicted octanol–water partition coefficient (Wildman–Crippen LogP) is 1.18. The van der Waals surface area contributed by atoms with Crippen LogP contribution < -0.4 is 11.1 Å². The van der Waals surface area contributed by atoms with E-state index in [1.54, 1.807) is 0 Å². The number of anilines is 1. The highest BCUT2D eigenvalue weighted by atomic mass is 16.5. The summed E-state index contributed by atoms with van der Waals surface area (Å²) in [5.74, 6) is -1.72. The number of hydrogen-bond acceptors (Lipinski definition) is 6. The summed E-state index contributed by atoms with van der Waals surface area (Å²) >= 11 is 0. The Bertz CT molecular complexity index is 549. The maximum Gasteiger partial charge on any atom is 0.337 e. The van der Waals surface area contributed by atoms with Gasteiger partial charge >= 0.3 is 11.9 Å². The molecule has 0 aliphatic heterocycles. The van der Waals surface area contributed by atoms with Gasteiger partial charge in [0.15, 0.2) is 0 Å². The van der Waals surface area contributed by atoms with Crippen LogP contribution in [0.2, 0.25) is 0 Å². The minimum Gasteiger partial charge on any atom is -0.465 e. The molecule has 0 unspecified atom stereocenters. The number of amides is 1. The molecule has 1 aromatic carbocycles. The molecule has 0 saturated carbocycles. The second kappa shape index (κ2) is 7.56. The fourth-order valence-corrected chi connectivity index (χ4v) is 1.70. The summed E-state index contributed by atoms with van der Waals surface area (Å²) in [5.41, 5.74) is 6.28. The van der Waals surface area contributed by atoms with Crippen molar-refractivity contribution >= 4 is 23.5 Å². The first-order valence-electron chi connectivity index (χ1n) is 6.68. The molecule has 0 aliphatic carbocycles. The first-order chi connectivity index (χ1) is 10.3. The van der Waals surface area contributed by atoms with E-state index in [1.165, 1.54) is 32.4 Å². The zero-order valence-electron chi connectivity index (χ0n) is 13.0. The van der Waals surface area contributed by atoms with E-state index in [9.17, 15) is 14.4 Å². The van der Waals surface area contributed by atoms with Crippen LogP contribution in [0.1, 0.15) is 34.6 Å². The maximum absolute atomic E-state index is 12.0. The van der Waals surface area contributed by atoms with E-state index in [2.05, 4.69) is 14.8 Å². The van der Waals surface area contributed by atoms with Crippen LogP contribution in [-0.4, -0.2) is 38.1 Å². The summed E-state index contributed by atoms with van der Waals surface area (Å²) in [7, 11) is 2.44. The Hall–Kier alpha value is -2.41. The molecule has 0 radical (unpaired) electrons. The average Bonchev–Trinajstić information content (AvgIpc) is 2.51. The number of nitrogens with one attached hydrogen (secondary N) is 1. The average molecular weight is 308 g/mol. The lowest BCUT2D eigenvalue weighted by Gasteiger charge is -2.16. The second-order valence-corrected chi connectivity index (χ2v) is 5.04. The summed E-state index contributed by atoms with van der Waals surface area (Å²) in [4.78, 5) is 35.3. The van der Waals surface area contributed by atoms with E-state index < -0.39 is 23.9 Å². The van der Waals surface area contributed by atoms with Crippen molar-refractivity contribution in [2.45, 2.75) is 19.9 Å². The number of methoxy groups -OCH3 is 2. The quantitative estimate of drug-likeness (QED) is 0.791. The van der Waals surface area contributed by atoms with Gasteiger partial charge in [0.05, 0.1) is 31.4 Å². The van der Waals surface area contributed by atoms with Gasteiger partial charge in [-0.25, -0.2) is 9.59 Å². The number of nitrogens with two attached hydrogens (primary N) is 1. The Morgan fingerprint density at radius 3 is 1.82 bits per heavy atom. The number of benzene rings is 1. The number of carbonyl (C=O) groups is 3. The van der Waals surface area contributed by atoms with Crippen LogP contribution in [0.3, 0.4) is 0 Å². The monoisotopic (exact) mass is 308 g/mol. The van der Waals surface area contributed by atoms with Gasteiger partial charge in [0.1, 0.15) is 0 Å². The fourth-order valence-electron chi connectivity index (χ4n) is 1.70. The third kappa shape index (κ3) is 4.29. The summed E-state index contributed by atoms with van der Waals surface area (Å²) in [6, 6.07) is 3.44. The molecule has 7 heteroatoms. The van der Waals surface area contributed by atoms with Crippen LogP contribution in [0, 0.1) is 5.92 Å². The van der Waals surface area contributed by atoms with Gasteiger partial charge < -0.3 is 20.5 Å². The Balaban J connectivity index is 3.15. The van der Waals surface area contributed by atoms with Gasteiger partial charge in [-0.1, -0.05) is 13.8 Å². The lowest BCUT2D eigenvalue weighted by Crippen LogP contribution is -2.39. The van der Waals surface area contributed by atoms with Crippen molar-refractivity contribution in [2.24, 2.45) is 11.7 Å². The zero-order valence-corrected chi connectivity index (χ0v) is 13.0. The van der Waals surface area contributed by atoms with Crippen molar-refractivity contribution in [2.75, 3.05) is 19.5 Å². The molecule has 22 heavy (non-hydrogen) atoms. The normalized spacial score (nSPS) is 11.7. The van der Waals surface area contributed by atoms with Crippen LogP contribution in [0.4, 0.5) is 5.69 Å². The molecule has 120 valence electrons. The van der Waals surface area contributed by atoms with Crippen molar-refractivity contribution in [3.63, 3.8) is 0 Å². The van der Waals surface area contributed by atoms with E-state index in [4.69, 9.17) is 5.73 Å². The molecule has 7 nitrogen and oxygen atoms in total. The SMILES string of the molecule is COC(=O)c1cc(NC(=O)[C@@H](N)C(C)C)cc(C(=O)OC)c1. The molecule has 0 bridgehead atoms. The summed E-state index contributed by atoms with van der Waals surface area (Å²) in [5, 5.41) is 2.58. The topological polar surface area (TPSA) is 108 Å². The standard InChI is InChI=1S/C15H20N2O5/c1-8(2)12(16)13(18)17-11-6-9(14(19)21-3)5-10(7-11)15(20)22-4/h5-8,12H,16H2,1-4H3,(H,17,18)/t12-/m0/s1. The third-order valence-corrected chi connectivity index (χ3v) is 3.06. The highest BCUT2D eigenvalue weighted by Crippen LogP contribution is 2.17. The molecular formula is C15H20N2O5. The predicted molar refractivity (Wildman–Crippen MR) is 80.6 cm³/mol. The number of rotatable bonds is 5. The lowest BCUT2D eigenvalue weighted by atomic mass is 10.0. The van der Waals surface area contributed by atoms with Gasteiger partial charge in [-0.15, -0.1) is 0 Å². The molecule has 0 fully saturated rings. The molecule has 3 N–H and O–H groups in total. The first kappa shape index (κ1) is 17.6. The van der Waals surface area contributed by atoms with Crippen LogP contribution in [0.25, 0.3) is 0 Å². The summed E-state index contributed by atoms with van der Waals surface area (Å²) < 4.78 is 9.24. The van der Waals surface area contributed by atoms with Crippen LogP contribution in [0.15, 0.2) is 18.2 Å². The number of carbonyl (C=O) groups excluding carboxylic acids is 3. The van der Waals surface area contributed by atoms with Gasteiger partial charge in [-0.2, -0.15) is 0 Å². The van der Waals surface area contributed by atoms with E-state index in [-0.39, 0.29) is 22.7 Å². The second-order valence-electron chi connectivity index (χ2n) is 5.04. The summed E-state index contributed by atoms with van der Waals surface area (Å²) in [6.07, 6.45) is 0. The first-order valence-corrected chi connectivity index (χ1v) is 6.68. The van der Waals surface area contributed by atoms with Gasteiger partial charge in [0.2, 0.25) is 5.91 Å². The largest absolute Gasteiger partial charge is 0.465 e. The lowest BCUT2D eigenvalue weighted by molar-refractivity contribution is -0.118. The van der Waals surface area contributed by atoms with Crippen molar-refractivity contribution < 1.29 is 23.9 Å². The fraction of sp³-hybridized carbons (Fsp3) is 0.400. The van der Waals surface area contributed by atoms with Gasteiger partial charge in [-0.05, 0) is 24.1 Å². The zero-order chi connectivity index (χ0) is 16.9. The molecular weight excluding hydrogens is 288 g/mol. The van der Waals surface area contributed by atoms with Gasteiger partial charge in [0, 0.05) is 5.69 Å². The van der Waals surface area contributed by atoms with Crippen molar-refractivity contribution in [3.05, 3.63) is 29.3 Å². The van der Waals surface area contributed by atoms with Crippen molar-refractivity contribution in [3.8, 4) is 0 Å². The van der Waals surface area contributed by atoms with Gasteiger partial charge in [-0.3, -0.25) is 4.79 Å². The van der Waals surface area contributed by atoms with Crippen LogP contribution in [-0.2, 0) is 14.3 Å². The Morgan fingerprint density at radius 2 is 1.45 bits per heavy atom. The van der Waals surface area contributed by atoms with Crippen molar-refractivity contribution in [1.82, 2.24) is 0 Å². The van der Waals surface area contributed by atoms with E-state index in [0.29, 0.717) is 0 Å². The molecule has 0 heterocycles. The highest BCUT2D eigenvalue weighted by Gasteiger charge is 2.19. The molecule has 1 rings (SSSR count). The Morgan fingerprint density at radius 1 is 1.00 bits per heavy atom. The molecule has 1 aromatic rings. The molecule has 1 amide bonds. The minimum absolute atomic E-state index is 0.0520. The summed E-state index contributed by atoms with van der Waals surface area (Å²) in [6.45, 7) is 3.63.